The number of carboxylic acid groups (broad SMARTS) is 3. The Bertz CT molecular complexity index is 486. The van der Waals surface area contributed by atoms with Crippen LogP contribution in [0.4, 0.5) is 0 Å². The van der Waals surface area contributed by atoms with Crippen LogP contribution in [-0.4, -0.2) is 82.1 Å². The molecular weight excluding hydrogens is 350 g/mol. The number of nitrogens with one attached hydrogen (secondary N) is 3. The quantitative estimate of drug-likeness (QED) is 0.161. The molecule has 0 fully saturated rings. The van der Waals surface area contributed by atoms with E-state index < -0.39 is 48.4 Å². The van der Waals surface area contributed by atoms with Gasteiger partial charge in [0.05, 0.1) is 6.42 Å². The number of amides is 1. The SMILES string of the molecule is CC(NCCNC(CCCCNC(=O)CC(O)C(=O)O)C(=O)O)C(=O)O. The zero-order valence-corrected chi connectivity index (χ0v) is 14.6. The lowest BCUT2D eigenvalue weighted by molar-refractivity contribution is -0.149. The molecule has 26 heavy (non-hydrogen) atoms. The van der Waals surface area contributed by atoms with Gasteiger partial charge < -0.3 is 36.4 Å². The van der Waals surface area contributed by atoms with Crippen molar-refractivity contribution in [3.8, 4) is 0 Å². The first-order valence-electron chi connectivity index (χ1n) is 8.25. The van der Waals surface area contributed by atoms with Crippen LogP contribution in [0.2, 0.25) is 0 Å². The zero-order chi connectivity index (χ0) is 20.1. The number of aliphatic hydroxyl groups is 1. The molecule has 0 aliphatic carbocycles. The first-order valence-corrected chi connectivity index (χ1v) is 8.25. The maximum Gasteiger partial charge on any atom is 0.333 e. The first kappa shape index (κ1) is 23.8. The normalized spacial score (nSPS) is 14.2. The van der Waals surface area contributed by atoms with E-state index in [2.05, 4.69) is 16.0 Å². The number of carbonyl (C=O) groups is 4. The molecule has 150 valence electrons. The highest BCUT2D eigenvalue weighted by atomic mass is 16.4. The molecule has 0 aromatic heterocycles. The standard InChI is InChI=1S/C15H27N3O8/c1-9(13(21)22)16-6-7-17-10(14(23)24)4-2-3-5-18-12(20)8-11(19)15(25)26/h9-11,16-17,19H,2-8H2,1H3,(H,18,20)(H,21,22)(H,23,24)(H,25,26). The Morgan fingerprint density at radius 3 is 2.00 bits per heavy atom. The van der Waals surface area contributed by atoms with Crippen molar-refractivity contribution >= 4 is 23.8 Å². The van der Waals surface area contributed by atoms with Crippen LogP contribution in [0, 0.1) is 0 Å². The van der Waals surface area contributed by atoms with Gasteiger partial charge in [0, 0.05) is 19.6 Å². The highest BCUT2D eigenvalue weighted by molar-refractivity contribution is 5.83. The second kappa shape index (κ2) is 13.0. The molecule has 0 bridgehead atoms. The largest absolute Gasteiger partial charge is 0.480 e. The molecule has 0 aromatic carbocycles. The van der Waals surface area contributed by atoms with Gasteiger partial charge in [-0.3, -0.25) is 14.4 Å². The summed E-state index contributed by atoms with van der Waals surface area (Å²) in [6.07, 6.45) is -0.958. The summed E-state index contributed by atoms with van der Waals surface area (Å²) in [4.78, 5) is 43.5. The van der Waals surface area contributed by atoms with Crippen molar-refractivity contribution < 1.29 is 39.6 Å². The average molecular weight is 377 g/mol. The smallest absolute Gasteiger partial charge is 0.333 e. The van der Waals surface area contributed by atoms with Crippen molar-refractivity contribution in [1.82, 2.24) is 16.0 Å². The average Bonchev–Trinajstić information content (AvgIpc) is 2.55. The van der Waals surface area contributed by atoms with Crippen LogP contribution >= 0.6 is 0 Å². The minimum atomic E-state index is -1.74. The first-order chi connectivity index (χ1) is 12.1. The van der Waals surface area contributed by atoms with Gasteiger partial charge in [-0.25, -0.2) is 4.79 Å². The monoisotopic (exact) mass is 377 g/mol. The predicted molar refractivity (Wildman–Crippen MR) is 89.6 cm³/mol. The van der Waals surface area contributed by atoms with Gasteiger partial charge >= 0.3 is 17.9 Å². The molecule has 11 heteroatoms. The third-order valence-corrected chi connectivity index (χ3v) is 3.54. The molecule has 0 saturated heterocycles. The number of unbranched alkanes of at least 4 members (excludes halogenated alkanes) is 1. The van der Waals surface area contributed by atoms with Crippen LogP contribution < -0.4 is 16.0 Å². The lowest BCUT2D eigenvalue weighted by atomic mass is 10.1. The van der Waals surface area contributed by atoms with Crippen molar-refractivity contribution in [2.75, 3.05) is 19.6 Å². The summed E-state index contributed by atoms with van der Waals surface area (Å²) in [7, 11) is 0. The molecule has 0 spiro atoms. The van der Waals surface area contributed by atoms with E-state index in [0.717, 1.165) is 0 Å². The van der Waals surface area contributed by atoms with E-state index in [1.165, 1.54) is 6.92 Å². The van der Waals surface area contributed by atoms with Crippen molar-refractivity contribution in [3.05, 3.63) is 0 Å². The van der Waals surface area contributed by atoms with Crippen LogP contribution in [-0.2, 0) is 19.2 Å². The fourth-order valence-electron chi connectivity index (χ4n) is 1.97. The summed E-state index contributed by atoms with van der Waals surface area (Å²) in [5.41, 5.74) is 0. The number of carbonyl (C=O) groups excluding carboxylic acids is 1. The molecule has 0 aliphatic rings. The maximum atomic E-state index is 11.4. The third kappa shape index (κ3) is 11.3. The molecule has 0 saturated carbocycles. The van der Waals surface area contributed by atoms with Crippen molar-refractivity contribution in [2.45, 2.75) is 50.8 Å². The Morgan fingerprint density at radius 2 is 1.46 bits per heavy atom. The molecule has 1 amide bonds. The van der Waals surface area contributed by atoms with Gasteiger partial charge in [0.25, 0.3) is 0 Å². The van der Waals surface area contributed by atoms with E-state index in [0.29, 0.717) is 32.4 Å². The lowest BCUT2D eigenvalue weighted by Crippen LogP contribution is -2.43. The topological polar surface area (TPSA) is 185 Å². The van der Waals surface area contributed by atoms with Gasteiger partial charge in [-0.05, 0) is 26.2 Å². The van der Waals surface area contributed by atoms with E-state index in [-0.39, 0.29) is 6.54 Å². The highest BCUT2D eigenvalue weighted by Gasteiger charge is 2.18. The van der Waals surface area contributed by atoms with E-state index in [4.69, 9.17) is 20.4 Å². The molecule has 3 unspecified atom stereocenters. The summed E-state index contributed by atoms with van der Waals surface area (Å²) >= 11 is 0. The Hall–Kier alpha value is -2.24. The number of hydrogen-bond donors (Lipinski definition) is 7. The van der Waals surface area contributed by atoms with Gasteiger partial charge in [0.15, 0.2) is 6.10 Å². The molecule has 0 radical (unpaired) electrons. The number of aliphatic hydroxyl groups excluding tert-OH is 1. The summed E-state index contributed by atoms with van der Waals surface area (Å²) in [5, 5.41) is 43.3. The molecule has 7 N–H and O–H groups in total. The van der Waals surface area contributed by atoms with Crippen LogP contribution in [0.25, 0.3) is 0 Å². The minimum Gasteiger partial charge on any atom is -0.480 e. The second-order valence-corrected chi connectivity index (χ2v) is 5.76. The molecule has 11 nitrogen and oxygen atoms in total. The van der Waals surface area contributed by atoms with E-state index in [1.54, 1.807) is 0 Å². The van der Waals surface area contributed by atoms with Crippen molar-refractivity contribution in [1.29, 1.82) is 0 Å². The van der Waals surface area contributed by atoms with Gasteiger partial charge in [-0.15, -0.1) is 0 Å². The Kier molecular flexibility index (Phi) is 11.9. The fraction of sp³-hybridized carbons (Fsp3) is 0.733. The highest BCUT2D eigenvalue weighted by Crippen LogP contribution is 2.01. The lowest BCUT2D eigenvalue weighted by Gasteiger charge is -2.15. The van der Waals surface area contributed by atoms with Crippen LogP contribution in [0.1, 0.15) is 32.6 Å². The Morgan fingerprint density at radius 1 is 0.846 bits per heavy atom. The summed E-state index contributed by atoms with van der Waals surface area (Å²) < 4.78 is 0. The van der Waals surface area contributed by atoms with E-state index in [1.807, 2.05) is 0 Å². The number of hydrogen-bond acceptors (Lipinski definition) is 7. The van der Waals surface area contributed by atoms with Gasteiger partial charge in [0.2, 0.25) is 5.91 Å². The maximum absolute atomic E-state index is 11.4. The minimum absolute atomic E-state index is 0.245. The molecule has 0 aromatic rings. The summed E-state index contributed by atoms with van der Waals surface area (Å²) in [5.74, 6) is -4.07. The van der Waals surface area contributed by atoms with Crippen molar-refractivity contribution in [2.24, 2.45) is 0 Å². The van der Waals surface area contributed by atoms with Crippen LogP contribution in [0.15, 0.2) is 0 Å². The Balaban J connectivity index is 3.90. The molecular formula is C15H27N3O8. The van der Waals surface area contributed by atoms with Crippen LogP contribution in [0.3, 0.4) is 0 Å². The van der Waals surface area contributed by atoms with Crippen LogP contribution in [0.5, 0.6) is 0 Å². The van der Waals surface area contributed by atoms with Gasteiger partial charge in [-0.2, -0.15) is 0 Å². The summed E-state index contributed by atoms with van der Waals surface area (Å²) in [6, 6.07) is -1.51. The molecule has 3 atom stereocenters. The van der Waals surface area contributed by atoms with E-state index >= 15 is 0 Å². The number of carboxylic acids is 3. The Labute approximate surface area is 150 Å². The zero-order valence-electron chi connectivity index (χ0n) is 14.6. The van der Waals surface area contributed by atoms with E-state index in [9.17, 15) is 19.2 Å². The predicted octanol–water partition coefficient (Wildman–Crippen LogP) is -1.79. The van der Waals surface area contributed by atoms with Crippen molar-refractivity contribution in [3.63, 3.8) is 0 Å². The second-order valence-electron chi connectivity index (χ2n) is 5.76. The fourth-order valence-corrected chi connectivity index (χ4v) is 1.97. The molecule has 0 heterocycles. The third-order valence-electron chi connectivity index (χ3n) is 3.54. The summed E-state index contributed by atoms with van der Waals surface area (Å²) in [6.45, 7) is 2.33. The van der Waals surface area contributed by atoms with Gasteiger partial charge in [-0.1, -0.05) is 0 Å². The van der Waals surface area contributed by atoms with Gasteiger partial charge in [0.1, 0.15) is 12.1 Å². The molecule has 0 rings (SSSR count). The molecule has 0 aliphatic heterocycles. The number of aliphatic carboxylic acids is 3. The number of rotatable bonds is 15.